The summed E-state index contributed by atoms with van der Waals surface area (Å²) < 4.78 is 7.26. The molecule has 0 fully saturated rings. The molecule has 0 bridgehead atoms. The Kier molecular flexibility index (Phi) is 2.64. The molecule has 0 atom stereocenters. The van der Waals surface area contributed by atoms with Gasteiger partial charge in [0.15, 0.2) is 5.82 Å². The molecule has 2 heterocycles. The molecule has 0 aliphatic heterocycles. The van der Waals surface area contributed by atoms with E-state index in [-0.39, 0.29) is 0 Å². The summed E-state index contributed by atoms with van der Waals surface area (Å²) in [5, 5.41) is 6.10. The monoisotopic (exact) mass is 260 g/mol. The maximum absolute atomic E-state index is 5.75. The summed E-state index contributed by atoms with van der Waals surface area (Å²) in [6, 6.07) is 7.88. The molecule has 0 aliphatic carbocycles. The van der Waals surface area contributed by atoms with E-state index in [4.69, 9.17) is 10.5 Å². The minimum absolute atomic E-state index is 0.345. The Hall–Kier alpha value is -2.08. The predicted octanol–water partition coefficient (Wildman–Crippen LogP) is 2.26. The number of hydrogen-bond acceptors (Lipinski definition) is 5. The van der Waals surface area contributed by atoms with Crippen LogP contribution in [-0.4, -0.2) is 14.6 Å². The molecular weight excluding hydrogens is 248 g/mol. The third-order valence-electron chi connectivity index (χ3n) is 2.51. The maximum Gasteiger partial charge on any atom is 0.214 e. The Bertz CT molecular complexity index is 688. The van der Waals surface area contributed by atoms with E-state index in [0.717, 1.165) is 16.3 Å². The summed E-state index contributed by atoms with van der Waals surface area (Å²) in [5.41, 5.74) is 6.91. The molecule has 0 saturated heterocycles. The van der Waals surface area contributed by atoms with Gasteiger partial charge in [0, 0.05) is 5.38 Å². The van der Waals surface area contributed by atoms with Crippen molar-refractivity contribution in [1.29, 1.82) is 0 Å². The van der Waals surface area contributed by atoms with Crippen molar-refractivity contribution in [2.24, 2.45) is 0 Å². The van der Waals surface area contributed by atoms with Gasteiger partial charge in [-0.2, -0.15) is 9.50 Å². The van der Waals surface area contributed by atoms with Crippen LogP contribution in [0.2, 0.25) is 0 Å². The molecule has 3 rings (SSSR count). The number of rotatable bonds is 3. The summed E-state index contributed by atoms with van der Waals surface area (Å²) in [7, 11) is 0. The van der Waals surface area contributed by atoms with Gasteiger partial charge in [-0.05, 0) is 24.6 Å². The Morgan fingerprint density at radius 3 is 3.11 bits per heavy atom. The summed E-state index contributed by atoms with van der Waals surface area (Å²) in [6.45, 7) is 2.37. The van der Waals surface area contributed by atoms with Crippen molar-refractivity contribution in [3.05, 3.63) is 41.0 Å². The first kappa shape index (κ1) is 11.0. The van der Waals surface area contributed by atoms with Crippen molar-refractivity contribution >= 4 is 22.1 Å². The average Bonchev–Trinajstić information content (AvgIpc) is 2.90. The highest BCUT2D eigenvalue weighted by molar-refractivity contribution is 7.15. The highest BCUT2D eigenvalue weighted by Gasteiger charge is 2.08. The number of aryl methyl sites for hydroxylation is 1. The van der Waals surface area contributed by atoms with Gasteiger partial charge in [-0.1, -0.05) is 12.1 Å². The molecule has 0 amide bonds. The number of nitrogens with two attached hydrogens (primary N) is 1. The molecule has 0 aliphatic rings. The van der Waals surface area contributed by atoms with Crippen molar-refractivity contribution in [2.75, 3.05) is 5.73 Å². The molecule has 92 valence electrons. The van der Waals surface area contributed by atoms with Gasteiger partial charge >= 0.3 is 0 Å². The lowest BCUT2D eigenvalue weighted by Gasteiger charge is -2.03. The van der Waals surface area contributed by atoms with Gasteiger partial charge < -0.3 is 10.5 Å². The Balaban J connectivity index is 1.76. The minimum Gasteiger partial charge on any atom is -0.486 e. The second-order valence-corrected chi connectivity index (χ2v) is 4.82. The largest absolute Gasteiger partial charge is 0.486 e. The standard InChI is InChI=1S/C12H12N4OS/c1-8-3-2-4-9(5-8)17-6-11-14-12-16(15-11)10(13)7-18-12/h2-5,7H,6,13H2,1H3. The van der Waals surface area contributed by atoms with E-state index >= 15 is 0 Å². The number of thiazole rings is 1. The van der Waals surface area contributed by atoms with Gasteiger partial charge in [0.05, 0.1) is 0 Å². The van der Waals surface area contributed by atoms with Crippen molar-refractivity contribution in [3.8, 4) is 5.75 Å². The van der Waals surface area contributed by atoms with Crippen LogP contribution in [-0.2, 0) is 6.61 Å². The molecule has 5 nitrogen and oxygen atoms in total. The van der Waals surface area contributed by atoms with Gasteiger partial charge in [-0.25, -0.2) is 0 Å². The van der Waals surface area contributed by atoms with E-state index in [1.807, 2.05) is 36.6 Å². The van der Waals surface area contributed by atoms with E-state index in [2.05, 4.69) is 10.1 Å². The van der Waals surface area contributed by atoms with E-state index in [0.29, 0.717) is 18.2 Å². The smallest absolute Gasteiger partial charge is 0.214 e. The van der Waals surface area contributed by atoms with Gasteiger partial charge in [0.1, 0.15) is 18.2 Å². The van der Waals surface area contributed by atoms with E-state index in [1.165, 1.54) is 11.3 Å². The highest BCUT2D eigenvalue weighted by Crippen LogP contribution is 2.17. The summed E-state index contributed by atoms with van der Waals surface area (Å²) in [5.74, 6) is 2.06. The van der Waals surface area contributed by atoms with Crippen molar-refractivity contribution in [2.45, 2.75) is 13.5 Å². The van der Waals surface area contributed by atoms with Gasteiger partial charge in [0.2, 0.25) is 4.96 Å². The number of nitrogens with zero attached hydrogens (tertiary/aromatic N) is 3. The van der Waals surface area contributed by atoms with Gasteiger partial charge in [0.25, 0.3) is 0 Å². The van der Waals surface area contributed by atoms with Crippen LogP contribution in [0.25, 0.3) is 4.96 Å². The predicted molar refractivity (Wildman–Crippen MR) is 70.8 cm³/mol. The molecule has 2 aromatic heterocycles. The van der Waals surface area contributed by atoms with Crippen LogP contribution in [0.4, 0.5) is 5.82 Å². The Morgan fingerprint density at radius 2 is 2.33 bits per heavy atom. The molecule has 2 N–H and O–H groups in total. The highest BCUT2D eigenvalue weighted by atomic mass is 32.1. The van der Waals surface area contributed by atoms with E-state index in [1.54, 1.807) is 4.52 Å². The van der Waals surface area contributed by atoms with E-state index < -0.39 is 0 Å². The fraction of sp³-hybridized carbons (Fsp3) is 0.167. The number of fused-ring (bicyclic) bond motifs is 1. The van der Waals surface area contributed by atoms with Crippen LogP contribution < -0.4 is 10.5 Å². The summed E-state index contributed by atoms with van der Waals surface area (Å²) in [6.07, 6.45) is 0. The molecule has 6 heteroatoms. The third kappa shape index (κ3) is 2.02. The fourth-order valence-electron chi connectivity index (χ4n) is 1.66. The second-order valence-electron chi connectivity index (χ2n) is 3.99. The summed E-state index contributed by atoms with van der Waals surface area (Å²) in [4.78, 5) is 5.12. The lowest BCUT2D eigenvalue weighted by atomic mass is 10.2. The number of anilines is 1. The average molecular weight is 260 g/mol. The lowest BCUT2D eigenvalue weighted by molar-refractivity contribution is 0.296. The molecule has 0 unspecified atom stereocenters. The SMILES string of the molecule is Cc1cccc(OCc2nc3scc(N)n3n2)c1. The Morgan fingerprint density at radius 1 is 1.44 bits per heavy atom. The first-order valence-corrected chi connectivity index (χ1v) is 6.38. The zero-order valence-corrected chi connectivity index (χ0v) is 10.6. The number of aromatic nitrogens is 3. The molecule has 1 aromatic carbocycles. The third-order valence-corrected chi connectivity index (χ3v) is 3.34. The zero-order chi connectivity index (χ0) is 12.5. The molecule has 3 aromatic rings. The summed E-state index contributed by atoms with van der Waals surface area (Å²) >= 11 is 1.47. The second kappa shape index (κ2) is 4.30. The first-order valence-electron chi connectivity index (χ1n) is 5.50. The first-order chi connectivity index (χ1) is 8.72. The molecular formula is C12H12N4OS. The Labute approximate surface area is 108 Å². The van der Waals surface area contributed by atoms with Crippen LogP contribution in [0.1, 0.15) is 11.4 Å². The number of ether oxygens (including phenoxy) is 1. The van der Waals surface area contributed by atoms with Gasteiger partial charge in [-0.15, -0.1) is 16.4 Å². The normalized spacial score (nSPS) is 10.9. The van der Waals surface area contributed by atoms with Crippen molar-refractivity contribution in [1.82, 2.24) is 14.6 Å². The lowest BCUT2D eigenvalue weighted by Crippen LogP contribution is -1.99. The van der Waals surface area contributed by atoms with Crippen LogP contribution >= 0.6 is 11.3 Å². The number of benzene rings is 1. The molecule has 0 saturated carbocycles. The van der Waals surface area contributed by atoms with E-state index in [9.17, 15) is 0 Å². The maximum atomic E-state index is 5.75. The zero-order valence-electron chi connectivity index (χ0n) is 9.83. The molecule has 0 radical (unpaired) electrons. The van der Waals surface area contributed by atoms with Crippen molar-refractivity contribution in [3.63, 3.8) is 0 Å². The van der Waals surface area contributed by atoms with Crippen molar-refractivity contribution < 1.29 is 4.74 Å². The number of nitrogen functional groups attached to an aromatic ring is 1. The van der Waals surface area contributed by atoms with Crippen LogP contribution in [0.15, 0.2) is 29.6 Å². The van der Waals surface area contributed by atoms with Gasteiger partial charge in [-0.3, -0.25) is 0 Å². The van der Waals surface area contributed by atoms with Crippen LogP contribution in [0.5, 0.6) is 5.75 Å². The fourth-order valence-corrected chi connectivity index (χ4v) is 2.39. The quantitative estimate of drug-likeness (QED) is 0.784. The molecule has 18 heavy (non-hydrogen) atoms. The molecule has 0 spiro atoms. The minimum atomic E-state index is 0.345. The van der Waals surface area contributed by atoms with Crippen LogP contribution in [0, 0.1) is 6.92 Å². The van der Waals surface area contributed by atoms with Crippen LogP contribution in [0.3, 0.4) is 0 Å². The topological polar surface area (TPSA) is 65.4 Å². The number of hydrogen-bond donors (Lipinski definition) is 1.